The maximum Gasteiger partial charge on any atom is 0.246 e. The topological polar surface area (TPSA) is 49.4 Å². The van der Waals surface area contributed by atoms with Crippen molar-refractivity contribution in [1.29, 1.82) is 0 Å². The highest BCUT2D eigenvalue weighted by molar-refractivity contribution is 6.00. The van der Waals surface area contributed by atoms with Gasteiger partial charge in [0.25, 0.3) is 0 Å². The van der Waals surface area contributed by atoms with Crippen molar-refractivity contribution in [2.45, 2.75) is 38.3 Å². The van der Waals surface area contributed by atoms with Crippen LogP contribution in [-0.2, 0) is 16.0 Å². The molecule has 0 saturated carbocycles. The molecule has 0 spiro atoms. The zero-order chi connectivity index (χ0) is 13.8. The Hall–Kier alpha value is -1.68. The Morgan fingerprint density at radius 3 is 2.68 bits per heavy atom. The Morgan fingerprint density at radius 2 is 2.00 bits per heavy atom. The fourth-order valence-corrected chi connectivity index (χ4v) is 2.44. The Kier molecular flexibility index (Phi) is 4.32. The molecule has 1 fully saturated rings. The van der Waals surface area contributed by atoms with Crippen molar-refractivity contribution in [3.05, 3.63) is 35.9 Å². The van der Waals surface area contributed by atoms with Gasteiger partial charge in [-0.25, -0.2) is 0 Å². The molecule has 0 aliphatic carbocycles. The van der Waals surface area contributed by atoms with Crippen molar-refractivity contribution in [2.24, 2.45) is 0 Å². The molecule has 1 aliphatic rings. The van der Waals surface area contributed by atoms with Gasteiger partial charge in [0.2, 0.25) is 11.8 Å². The van der Waals surface area contributed by atoms with Crippen molar-refractivity contribution in [2.75, 3.05) is 7.05 Å². The molecule has 19 heavy (non-hydrogen) atoms. The molecular weight excluding hydrogens is 240 g/mol. The molecule has 0 radical (unpaired) electrons. The highest BCUT2D eigenvalue weighted by Crippen LogP contribution is 2.13. The van der Waals surface area contributed by atoms with E-state index in [2.05, 4.69) is 24.4 Å². The molecule has 0 bridgehead atoms. The van der Waals surface area contributed by atoms with Crippen LogP contribution in [0, 0.1) is 0 Å². The summed E-state index contributed by atoms with van der Waals surface area (Å²) in [6.07, 6.45) is 1.92. The molecule has 1 aromatic carbocycles. The van der Waals surface area contributed by atoms with Crippen LogP contribution in [0.5, 0.6) is 0 Å². The third-order valence-electron chi connectivity index (χ3n) is 3.52. The average Bonchev–Trinajstić information content (AvgIpc) is 2.41. The minimum atomic E-state index is -0.235. The first-order chi connectivity index (χ1) is 9.08. The average molecular weight is 260 g/mol. The number of nitrogens with zero attached hydrogens (tertiary/aromatic N) is 1. The number of likely N-dealkylation sites (N-methyl/N-ethyl adjacent to an activating group) is 1. The monoisotopic (exact) mass is 260 g/mol. The molecule has 2 atom stereocenters. The maximum absolute atomic E-state index is 12.0. The van der Waals surface area contributed by atoms with Crippen LogP contribution in [0.25, 0.3) is 0 Å². The summed E-state index contributed by atoms with van der Waals surface area (Å²) in [5, 5.41) is 3.32. The molecule has 102 valence electrons. The van der Waals surface area contributed by atoms with Crippen molar-refractivity contribution in [3.63, 3.8) is 0 Å². The van der Waals surface area contributed by atoms with Gasteiger partial charge in [0.05, 0.1) is 6.04 Å². The van der Waals surface area contributed by atoms with Crippen LogP contribution in [0.1, 0.15) is 25.3 Å². The first-order valence-corrected chi connectivity index (χ1v) is 6.68. The van der Waals surface area contributed by atoms with E-state index in [1.807, 2.05) is 18.2 Å². The van der Waals surface area contributed by atoms with Crippen LogP contribution in [0.2, 0.25) is 0 Å². The second-order valence-electron chi connectivity index (χ2n) is 5.14. The second kappa shape index (κ2) is 5.97. The number of carbonyl (C=O) groups excluding carboxylic acids is 2. The summed E-state index contributed by atoms with van der Waals surface area (Å²) in [5.74, 6) is -0.199. The fourth-order valence-electron chi connectivity index (χ4n) is 2.44. The standard InChI is InChI=1S/C15H20N2O2/c1-11(10-12-6-4-3-5-7-12)16-13-8-9-14(18)17(2)15(13)19/h3-7,11,13,16H,8-10H2,1-2H3. The van der Waals surface area contributed by atoms with Gasteiger partial charge in [0.1, 0.15) is 0 Å². The van der Waals surface area contributed by atoms with Crippen molar-refractivity contribution in [3.8, 4) is 0 Å². The zero-order valence-corrected chi connectivity index (χ0v) is 11.4. The third-order valence-corrected chi connectivity index (χ3v) is 3.52. The molecule has 2 unspecified atom stereocenters. The van der Waals surface area contributed by atoms with E-state index in [4.69, 9.17) is 0 Å². The molecular formula is C15H20N2O2. The van der Waals surface area contributed by atoms with Crippen LogP contribution >= 0.6 is 0 Å². The molecule has 2 rings (SSSR count). The molecule has 1 aliphatic heterocycles. The zero-order valence-electron chi connectivity index (χ0n) is 11.4. The summed E-state index contributed by atoms with van der Waals surface area (Å²) in [6.45, 7) is 2.07. The Labute approximate surface area is 113 Å². The number of imide groups is 1. The Morgan fingerprint density at radius 1 is 1.32 bits per heavy atom. The van der Waals surface area contributed by atoms with Gasteiger partial charge in [-0.05, 0) is 25.3 Å². The summed E-state index contributed by atoms with van der Waals surface area (Å²) in [7, 11) is 1.56. The highest BCUT2D eigenvalue weighted by Gasteiger charge is 2.32. The summed E-state index contributed by atoms with van der Waals surface area (Å²) in [4.78, 5) is 24.6. The van der Waals surface area contributed by atoms with Crippen molar-refractivity contribution < 1.29 is 9.59 Å². The van der Waals surface area contributed by atoms with Crippen LogP contribution in [-0.4, -0.2) is 35.8 Å². The van der Waals surface area contributed by atoms with Crippen LogP contribution in [0.15, 0.2) is 30.3 Å². The molecule has 4 nitrogen and oxygen atoms in total. The number of rotatable bonds is 4. The van der Waals surface area contributed by atoms with Crippen molar-refractivity contribution >= 4 is 11.8 Å². The van der Waals surface area contributed by atoms with E-state index in [0.717, 1.165) is 6.42 Å². The molecule has 2 amide bonds. The molecule has 1 aromatic rings. The number of benzene rings is 1. The molecule has 1 N–H and O–H groups in total. The number of nitrogens with one attached hydrogen (secondary N) is 1. The molecule has 4 heteroatoms. The van der Waals surface area contributed by atoms with E-state index in [0.29, 0.717) is 12.8 Å². The van der Waals surface area contributed by atoms with E-state index in [9.17, 15) is 9.59 Å². The maximum atomic E-state index is 12.0. The fraction of sp³-hybridized carbons (Fsp3) is 0.467. The van der Waals surface area contributed by atoms with Crippen LogP contribution in [0.4, 0.5) is 0 Å². The quantitative estimate of drug-likeness (QED) is 0.831. The van der Waals surface area contributed by atoms with Crippen molar-refractivity contribution in [1.82, 2.24) is 10.2 Å². The summed E-state index contributed by atoms with van der Waals surface area (Å²) in [6, 6.07) is 10.2. The first kappa shape index (κ1) is 13.7. The lowest BCUT2D eigenvalue weighted by atomic mass is 10.0. The van der Waals surface area contributed by atoms with Crippen LogP contribution < -0.4 is 5.32 Å². The lowest BCUT2D eigenvalue weighted by Crippen LogP contribution is -2.53. The number of hydrogen-bond donors (Lipinski definition) is 1. The lowest BCUT2D eigenvalue weighted by Gasteiger charge is -2.30. The lowest BCUT2D eigenvalue weighted by molar-refractivity contribution is -0.148. The Balaban J connectivity index is 1.90. The molecule has 0 aromatic heterocycles. The van der Waals surface area contributed by atoms with E-state index in [-0.39, 0.29) is 23.9 Å². The van der Waals surface area contributed by atoms with E-state index in [1.54, 1.807) is 7.05 Å². The Bertz CT molecular complexity index is 458. The van der Waals surface area contributed by atoms with Gasteiger partial charge < -0.3 is 5.32 Å². The number of likely N-dealkylation sites (tertiary alicyclic amines) is 1. The van der Waals surface area contributed by atoms with Crippen LogP contribution in [0.3, 0.4) is 0 Å². The van der Waals surface area contributed by atoms with Gasteiger partial charge >= 0.3 is 0 Å². The number of carbonyl (C=O) groups is 2. The number of piperidine rings is 1. The van der Waals surface area contributed by atoms with Gasteiger partial charge in [-0.3, -0.25) is 14.5 Å². The SMILES string of the molecule is CC(Cc1ccccc1)NC1CCC(=O)N(C)C1=O. The van der Waals surface area contributed by atoms with Gasteiger partial charge in [-0.15, -0.1) is 0 Å². The second-order valence-corrected chi connectivity index (χ2v) is 5.14. The van der Waals surface area contributed by atoms with E-state index in [1.165, 1.54) is 10.5 Å². The minimum absolute atomic E-state index is 0.0845. The third kappa shape index (κ3) is 3.41. The van der Waals surface area contributed by atoms with Gasteiger partial charge in [-0.1, -0.05) is 30.3 Å². The largest absolute Gasteiger partial charge is 0.303 e. The van der Waals surface area contributed by atoms with Gasteiger partial charge in [-0.2, -0.15) is 0 Å². The van der Waals surface area contributed by atoms with Gasteiger partial charge in [0.15, 0.2) is 0 Å². The predicted molar refractivity (Wildman–Crippen MR) is 73.5 cm³/mol. The summed E-state index contributed by atoms with van der Waals surface area (Å²) < 4.78 is 0. The highest BCUT2D eigenvalue weighted by atomic mass is 16.2. The normalized spacial score (nSPS) is 21.6. The first-order valence-electron chi connectivity index (χ1n) is 6.68. The molecule has 1 saturated heterocycles. The molecule has 1 heterocycles. The van der Waals surface area contributed by atoms with E-state index >= 15 is 0 Å². The van der Waals surface area contributed by atoms with Gasteiger partial charge in [0, 0.05) is 19.5 Å². The summed E-state index contributed by atoms with van der Waals surface area (Å²) >= 11 is 0. The smallest absolute Gasteiger partial charge is 0.246 e. The number of amides is 2. The number of hydrogen-bond acceptors (Lipinski definition) is 3. The predicted octanol–water partition coefficient (Wildman–Crippen LogP) is 1.35. The summed E-state index contributed by atoms with van der Waals surface area (Å²) in [5.41, 5.74) is 1.25. The minimum Gasteiger partial charge on any atom is -0.303 e. The van der Waals surface area contributed by atoms with E-state index < -0.39 is 0 Å².